The Morgan fingerprint density at radius 2 is 1.50 bits per heavy atom. The highest BCUT2D eigenvalue weighted by molar-refractivity contribution is 5.89. The van der Waals surface area contributed by atoms with Crippen LogP contribution in [0.3, 0.4) is 0 Å². The summed E-state index contributed by atoms with van der Waals surface area (Å²) in [6, 6.07) is 1.76. The number of anilines is 1. The molecule has 0 radical (unpaired) electrons. The third-order valence-corrected chi connectivity index (χ3v) is 7.44. The molecule has 3 heterocycles. The number of hydrogen-bond acceptors (Lipinski definition) is 5. The topological polar surface area (TPSA) is 87.9 Å². The second-order valence-corrected chi connectivity index (χ2v) is 9.50. The molecular weight excluding hydrogens is 410 g/mol. The first-order chi connectivity index (χ1) is 15.4. The number of rotatable bonds is 3. The summed E-state index contributed by atoms with van der Waals surface area (Å²) in [5.74, 6) is 0.511. The van der Waals surface area contributed by atoms with Gasteiger partial charge >= 0.3 is 5.69 Å². The Hall–Kier alpha value is -2.58. The second kappa shape index (κ2) is 9.50. The van der Waals surface area contributed by atoms with Crippen molar-refractivity contribution < 1.29 is 9.59 Å². The lowest BCUT2D eigenvalue weighted by Gasteiger charge is -2.37. The monoisotopic (exact) mass is 445 g/mol. The summed E-state index contributed by atoms with van der Waals surface area (Å²) < 4.78 is 2.56. The zero-order chi connectivity index (χ0) is 22.8. The number of nitrogens with zero attached hydrogens (tertiary/aromatic N) is 5. The van der Waals surface area contributed by atoms with Crippen LogP contribution in [0.25, 0.3) is 0 Å². The average molecular weight is 446 g/mol. The summed E-state index contributed by atoms with van der Waals surface area (Å²) in [4.78, 5) is 56.0. The van der Waals surface area contributed by atoms with Crippen LogP contribution < -0.4 is 16.1 Å². The van der Waals surface area contributed by atoms with E-state index in [1.807, 2.05) is 14.7 Å². The molecule has 9 nitrogen and oxygen atoms in total. The van der Waals surface area contributed by atoms with Crippen LogP contribution in [0.2, 0.25) is 0 Å². The Balaban J connectivity index is 1.36. The van der Waals surface area contributed by atoms with Gasteiger partial charge in [-0.3, -0.25) is 23.5 Å². The van der Waals surface area contributed by atoms with Gasteiger partial charge in [0.25, 0.3) is 5.56 Å². The molecule has 4 rings (SSSR count). The number of aromatic nitrogens is 2. The maximum absolute atomic E-state index is 13.2. The highest BCUT2D eigenvalue weighted by atomic mass is 16.2. The van der Waals surface area contributed by atoms with Crippen LogP contribution in [0, 0.1) is 5.92 Å². The lowest BCUT2D eigenvalue weighted by molar-refractivity contribution is -0.136. The molecule has 1 aliphatic carbocycles. The molecule has 2 saturated heterocycles. The fourth-order valence-corrected chi connectivity index (χ4v) is 5.44. The minimum atomic E-state index is -0.357. The van der Waals surface area contributed by atoms with E-state index in [0.29, 0.717) is 51.0 Å². The van der Waals surface area contributed by atoms with Crippen LogP contribution in [0.5, 0.6) is 0 Å². The predicted molar refractivity (Wildman–Crippen MR) is 122 cm³/mol. The molecule has 1 atom stereocenters. The molecule has 3 aliphatic rings. The van der Waals surface area contributed by atoms with Crippen LogP contribution in [0.4, 0.5) is 5.82 Å². The molecule has 2 aliphatic heterocycles. The zero-order valence-corrected chi connectivity index (χ0v) is 19.3. The first kappa shape index (κ1) is 22.6. The lowest BCUT2D eigenvalue weighted by Crippen LogP contribution is -2.52. The van der Waals surface area contributed by atoms with Gasteiger partial charge in [-0.1, -0.05) is 32.1 Å². The van der Waals surface area contributed by atoms with Crippen molar-refractivity contribution >= 4 is 17.6 Å². The molecule has 32 heavy (non-hydrogen) atoms. The van der Waals surface area contributed by atoms with Gasteiger partial charge in [0.2, 0.25) is 11.8 Å². The summed E-state index contributed by atoms with van der Waals surface area (Å²) in [7, 11) is 3.12. The van der Waals surface area contributed by atoms with Gasteiger partial charge in [-0.15, -0.1) is 0 Å². The van der Waals surface area contributed by atoms with E-state index < -0.39 is 0 Å². The second-order valence-electron chi connectivity index (χ2n) is 9.50. The van der Waals surface area contributed by atoms with E-state index in [2.05, 4.69) is 0 Å². The summed E-state index contributed by atoms with van der Waals surface area (Å²) >= 11 is 0. The van der Waals surface area contributed by atoms with E-state index in [9.17, 15) is 19.2 Å². The van der Waals surface area contributed by atoms with Gasteiger partial charge in [0.1, 0.15) is 5.82 Å². The van der Waals surface area contributed by atoms with Gasteiger partial charge in [-0.2, -0.15) is 0 Å². The molecule has 1 saturated carbocycles. The van der Waals surface area contributed by atoms with Crippen molar-refractivity contribution in [1.82, 2.24) is 18.9 Å². The number of carbonyl (C=O) groups is 2. The molecule has 0 aromatic carbocycles. The van der Waals surface area contributed by atoms with Crippen LogP contribution in [0.1, 0.15) is 51.4 Å². The number of piperazine rings is 1. The maximum Gasteiger partial charge on any atom is 0.332 e. The molecule has 2 amide bonds. The van der Waals surface area contributed by atoms with E-state index in [4.69, 9.17) is 0 Å². The highest BCUT2D eigenvalue weighted by Gasteiger charge is 2.40. The lowest BCUT2D eigenvalue weighted by atomic mass is 9.96. The van der Waals surface area contributed by atoms with Gasteiger partial charge in [-0.05, 0) is 12.8 Å². The van der Waals surface area contributed by atoms with E-state index in [1.165, 1.54) is 49.8 Å². The number of carbonyl (C=O) groups excluding carboxylic acids is 2. The van der Waals surface area contributed by atoms with E-state index in [0.717, 1.165) is 17.4 Å². The summed E-state index contributed by atoms with van der Waals surface area (Å²) in [5.41, 5.74) is -0.690. The van der Waals surface area contributed by atoms with Crippen molar-refractivity contribution in [1.29, 1.82) is 0 Å². The Morgan fingerprint density at radius 3 is 2.16 bits per heavy atom. The van der Waals surface area contributed by atoms with Crippen molar-refractivity contribution in [2.24, 2.45) is 20.0 Å². The third-order valence-electron chi connectivity index (χ3n) is 7.44. The number of amides is 2. The van der Waals surface area contributed by atoms with Crippen molar-refractivity contribution in [3.05, 3.63) is 26.9 Å². The van der Waals surface area contributed by atoms with Gasteiger partial charge < -0.3 is 14.7 Å². The van der Waals surface area contributed by atoms with Crippen LogP contribution in [-0.4, -0.2) is 69.5 Å². The highest BCUT2D eigenvalue weighted by Crippen LogP contribution is 2.29. The molecule has 0 bridgehead atoms. The summed E-state index contributed by atoms with van der Waals surface area (Å²) in [6.07, 6.45) is 8.54. The Bertz CT molecular complexity index is 968. The SMILES string of the molecule is Cn1c(N2CCN(C(=O)[C@H]3CC(=O)N(C4CCCCCCC4)C3)CC2)cc(=O)n(C)c1=O. The number of likely N-dealkylation sites (tertiary alicyclic amines) is 1. The summed E-state index contributed by atoms with van der Waals surface area (Å²) in [5, 5.41) is 0. The van der Waals surface area contributed by atoms with E-state index in [-0.39, 0.29) is 29.0 Å². The Morgan fingerprint density at radius 1 is 0.875 bits per heavy atom. The van der Waals surface area contributed by atoms with Crippen molar-refractivity contribution in [3.8, 4) is 0 Å². The quantitative estimate of drug-likeness (QED) is 0.683. The van der Waals surface area contributed by atoms with Gasteiger partial charge in [0.05, 0.1) is 5.92 Å². The zero-order valence-electron chi connectivity index (χ0n) is 19.3. The molecule has 0 spiro atoms. The average Bonchev–Trinajstić information content (AvgIpc) is 3.16. The van der Waals surface area contributed by atoms with Gasteiger partial charge in [0, 0.05) is 65.3 Å². The fraction of sp³-hybridized carbons (Fsp3) is 0.739. The fourth-order valence-electron chi connectivity index (χ4n) is 5.44. The molecular formula is C23H35N5O4. The normalized spacial score (nSPS) is 23.4. The molecule has 1 aromatic heterocycles. The van der Waals surface area contributed by atoms with E-state index in [1.54, 1.807) is 7.05 Å². The molecule has 1 aromatic rings. The molecule has 0 N–H and O–H groups in total. The minimum Gasteiger partial charge on any atom is -0.354 e. The number of hydrogen-bond donors (Lipinski definition) is 0. The predicted octanol–water partition coefficient (Wildman–Crippen LogP) is 0.694. The minimum absolute atomic E-state index is 0.0595. The molecule has 0 unspecified atom stereocenters. The van der Waals surface area contributed by atoms with Crippen LogP contribution in [0.15, 0.2) is 15.7 Å². The molecule has 9 heteroatoms. The molecule has 3 fully saturated rings. The maximum atomic E-state index is 13.2. The first-order valence-corrected chi connectivity index (χ1v) is 12.0. The van der Waals surface area contributed by atoms with Gasteiger partial charge in [0.15, 0.2) is 0 Å². The van der Waals surface area contributed by atoms with E-state index >= 15 is 0 Å². The van der Waals surface area contributed by atoms with Gasteiger partial charge in [-0.25, -0.2) is 4.79 Å². The van der Waals surface area contributed by atoms with Crippen LogP contribution >= 0.6 is 0 Å². The van der Waals surface area contributed by atoms with Crippen molar-refractivity contribution in [3.63, 3.8) is 0 Å². The molecule has 176 valence electrons. The van der Waals surface area contributed by atoms with Crippen molar-refractivity contribution in [2.75, 3.05) is 37.6 Å². The Labute approximate surface area is 188 Å². The van der Waals surface area contributed by atoms with Crippen molar-refractivity contribution in [2.45, 2.75) is 57.4 Å². The summed E-state index contributed by atoms with van der Waals surface area (Å²) in [6.45, 7) is 2.71. The standard InChI is InChI=1S/C23H35N5O4/c1-24-19(15-20(29)25(2)23(24)32)26-10-12-27(13-11-26)22(31)17-14-21(30)28(16-17)18-8-6-4-3-5-7-9-18/h15,17-18H,3-14,16H2,1-2H3/t17-/m0/s1. The Kier molecular flexibility index (Phi) is 6.71. The smallest absolute Gasteiger partial charge is 0.332 e. The van der Waals surface area contributed by atoms with Crippen LogP contribution in [-0.2, 0) is 23.7 Å². The first-order valence-electron chi connectivity index (χ1n) is 12.0. The largest absolute Gasteiger partial charge is 0.354 e. The third kappa shape index (κ3) is 4.47.